The molecule has 1 aromatic rings. The van der Waals surface area contributed by atoms with E-state index in [4.69, 9.17) is 5.11 Å². The van der Waals surface area contributed by atoms with Crippen LogP contribution in [0.5, 0.6) is 0 Å². The van der Waals surface area contributed by atoms with E-state index in [1.807, 2.05) is 6.92 Å². The maximum Gasteiger partial charge on any atom is 0.304 e. The van der Waals surface area contributed by atoms with Crippen LogP contribution in [0, 0.1) is 13.8 Å². The van der Waals surface area contributed by atoms with Crippen molar-refractivity contribution in [3.63, 3.8) is 0 Å². The fourth-order valence-electron chi connectivity index (χ4n) is 2.29. The molecule has 80 valence electrons. The summed E-state index contributed by atoms with van der Waals surface area (Å²) in [6.45, 7) is 4.84. The predicted molar refractivity (Wildman–Crippen MR) is 59.4 cm³/mol. The summed E-state index contributed by atoms with van der Waals surface area (Å²) in [5, 5.41) is 12.1. The Morgan fingerprint density at radius 2 is 2.27 bits per heavy atom. The van der Waals surface area contributed by atoms with Gasteiger partial charge >= 0.3 is 5.97 Å². The number of carboxylic acid groups (broad SMARTS) is 1. The predicted octanol–water partition coefficient (Wildman–Crippen LogP) is 2.29. The topological polar surface area (TPSA) is 49.3 Å². The lowest BCUT2D eigenvalue weighted by Crippen LogP contribution is -2.08. The van der Waals surface area contributed by atoms with Crippen molar-refractivity contribution in [3.05, 3.63) is 28.8 Å². The van der Waals surface area contributed by atoms with E-state index in [0.717, 1.165) is 17.8 Å². The number of benzene rings is 1. The van der Waals surface area contributed by atoms with Crippen LogP contribution in [0.2, 0.25) is 0 Å². The van der Waals surface area contributed by atoms with Gasteiger partial charge in [0.25, 0.3) is 0 Å². The average molecular weight is 205 g/mol. The van der Waals surface area contributed by atoms with Crippen molar-refractivity contribution in [1.82, 2.24) is 0 Å². The van der Waals surface area contributed by atoms with E-state index >= 15 is 0 Å². The Labute approximate surface area is 89.1 Å². The van der Waals surface area contributed by atoms with Gasteiger partial charge in [-0.1, -0.05) is 17.7 Å². The van der Waals surface area contributed by atoms with Gasteiger partial charge in [-0.15, -0.1) is 0 Å². The molecule has 1 heterocycles. The quantitative estimate of drug-likeness (QED) is 0.778. The molecule has 1 unspecified atom stereocenters. The van der Waals surface area contributed by atoms with Gasteiger partial charge in [-0.05, 0) is 25.0 Å². The lowest BCUT2D eigenvalue weighted by molar-refractivity contribution is -0.137. The average Bonchev–Trinajstić information content (AvgIpc) is 2.48. The number of carboxylic acids is 1. The second-order valence-corrected chi connectivity index (χ2v) is 4.22. The Bertz CT molecular complexity index is 412. The molecule has 0 spiro atoms. The molecule has 15 heavy (non-hydrogen) atoms. The van der Waals surface area contributed by atoms with E-state index < -0.39 is 5.97 Å². The largest absolute Gasteiger partial charge is 0.481 e. The maximum absolute atomic E-state index is 10.7. The van der Waals surface area contributed by atoms with Crippen molar-refractivity contribution < 1.29 is 9.90 Å². The lowest BCUT2D eigenvalue weighted by Gasteiger charge is -2.09. The fraction of sp³-hybridized carbons (Fsp3) is 0.417. The molecule has 1 atom stereocenters. The highest BCUT2D eigenvalue weighted by Crippen LogP contribution is 2.36. The summed E-state index contributed by atoms with van der Waals surface area (Å²) in [7, 11) is 0. The van der Waals surface area contributed by atoms with Gasteiger partial charge < -0.3 is 10.4 Å². The molecule has 0 amide bonds. The first-order chi connectivity index (χ1) is 7.08. The molecule has 1 aliphatic rings. The number of fused-ring (bicyclic) bond motifs is 1. The fourth-order valence-corrected chi connectivity index (χ4v) is 2.29. The van der Waals surface area contributed by atoms with Crippen molar-refractivity contribution >= 4 is 11.7 Å². The third-order valence-corrected chi connectivity index (χ3v) is 2.90. The zero-order chi connectivity index (χ0) is 11.0. The van der Waals surface area contributed by atoms with Gasteiger partial charge in [-0.2, -0.15) is 0 Å². The first-order valence-corrected chi connectivity index (χ1v) is 5.14. The highest BCUT2D eigenvalue weighted by molar-refractivity contribution is 5.72. The minimum Gasteiger partial charge on any atom is -0.481 e. The van der Waals surface area contributed by atoms with Crippen molar-refractivity contribution in [3.8, 4) is 0 Å². The van der Waals surface area contributed by atoms with Gasteiger partial charge in [-0.25, -0.2) is 0 Å². The highest BCUT2D eigenvalue weighted by Gasteiger charge is 2.25. The van der Waals surface area contributed by atoms with Crippen molar-refractivity contribution in [1.29, 1.82) is 0 Å². The minimum absolute atomic E-state index is 0.121. The molecule has 0 saturated carbocycles. The summed E-state index contributed by atoms with van der Waals surface area (Å²) in [6.07, 6.45) is 0.211. The maximum atomic E-state index is 10.7. The van der Waals surface area contributed by atoms with E-state index in [0.29, 0.717) is 0 Å². The number of nitrogens with one attached hydrogen (secondary N) is 1. The molecule has 3 nitrogen and oxygen atoms in total. The number of aryl methyl sites for hydroxylation is 2. The van der Waals surface area contributed by atoms with Gasteiger partial charge in [0.05, 0.1) is 6.42 Å². The lowest BCUT2D eigenvalue weighted by atomic mass is 9.95. The van der Waals surface area contributed by atoms with E-state index in [-0.39, 0.29) is 12.3 Å². The molecular weight excluding hydrogens is 190 g/mol. The van der Waals surface area contributed by atoms with Crippen molar-refractivity contribution in [2.45, 2.75) is 26.2 Å². The first-order valence-electron chi connectivity index (χ1n) is 5.14. The standard InChI is InChI=1S/C12H15NO2/c1-7-3-8(2)12-10(4-7)9(6-13-12)5-11(14)15/h3-4,9,13H,5-6H2,1-2H3,(H,14,15). The summed E-state index contributed by atoms with van der Waals surface area (Å²) in [6, 6.07) is 4.21. The van der Waals surface area contributed by atoms with Crippen molar-refractivity contribution in [2.24, 2.45) is 0 Å². The second kappa shape index (κ2) is 3.57. The smallest absolute Gasteiger partial charge is 0.304 e. The van der Waals surface area contributed by atoms with Crippen LogP contribution < -0.4 is 5.32 Å². The summed E-state index contributed by atoms with van der Waals surface area (Å²) >= 11 is 0. The molecular formula is C12H15NO2. The number of aliphatic carboxylic acids is 1. The molecule has 2 rings (SSSR count). The molecule has 0 aliphatic carbocycles. The molecule has 0 saturated heterocycles. The Morgan fingerprint density at radius 1 is 1.53 bits per heavy atom. The van der Waals surface area contributed by atoms with E-state index in [1.54, 1.807) is 0 Å². The molecule has 0 fully saturated rings. The van der Waals surface area contributed by atoms with Gasteiger partial charge in [-0.3, -0.25) is 4.79 Å². The molecule has 1 aromatic carbocycles. The molecule has 0 aromatic heterocycles. The van der Waals surface area contributed by atoms with Crippen LogP contribution in [-0.4, -0.2) is 17.6 Å². The zero-order valence-electron chi connectivity index (χ0n) is 9.00. The van der Waals surface area contributed by atoms with Gasteiger partial charge in [0.2, 0.25) is 0 Å². The summed E-state index contributed by atoms with van der Waals surface area (Å²) in [4.78, 5) is 10.7. The number of carbonyl (C=O) groups is 1. The van der Waals surface area contributed by atoms with Gasteiger partial charge in [0.1, 0.15) is 0 Å². The third-order valence-electron chi connectivity index (χ3n) is 2.90. The number of hydrogen-bond donors (Lipinski definition) is 2. The Hall–Kier alpha value is -1.51. The van der Waals surface area contributed by atoms with Crippen LogP contribution in [0.4, 0.5) is 5.69 Å². The number of hydrogen-bond acceptors (Lipinski definition) is 2. The highest BCUT2D eigenvalue weighted by atomic mass is 16.4. The van der Waals surface area contributed by atoms with Crippen LogP contribution in [0.25, 0.3) is 0 Å². The number of rotatable bonds is 2. The molecule has 2 N–H and O–H groups in total. The SMILES string of the molecule is Cc1cc(C)c2c(c1)C(CC(=O)O)CN2. The third kappa shape index (κ3) is 1.82. The summed E-state index contributed by atoms with van der Waals surface area (Å²) in [5.41, 5.74) is 4.70. The Balaban J connectivity index is 2.37. The molecule has 0 radical (unpaired) electrons. The number of anilines is 1. The Morgan fingerprint density at radius 3 is 2.93 bits per heavy atom. The van der Waals surface area contributed by atoms with Crippen LogP contribution in [0.15, 0.2) is 12.1 Å². The van der Waals surface area contributed by atoms with Crippen LogP contribution in [0.3, 0.4) is 0 Å². The van der Waals surface area contributed by atoms with E-state index in [1.165, 1.54) is 11.1 Å². The van der Waals surface area contributed by atoms with Crippen molar-refractivity contribution in [2.75, 3.05) is 11.9 Å². The molecule has 1 aliphatic heterocycles. The van der Waals surface area contributed by atoms with Gasteiger partial charge in [0, 0.05) is 18.2 Å². The van der Waals surface area contributed by atoms with Crippen LogP contribution in [-0.2, 0) is 4.79 Å². The minimum atomic E-state index is -0.728. The molecule has 3 heteroatoms. The van der Waals surface area contributed by atoms with Crippen LogP contribution in [0.1, 0.15) is 29.0 Å². The van der Waals surface area contributed by atoms with Crippen LogP contribution >= 0.6 is 0 Å². The normalized spacial score (nSPS) is 18.4. The summed E-state index contributed by atoms with van der Waals surface area (Å²) < 4.78 is 0. The van der Waals surface area contributed by atoms with E-state index in [9.17, 15) is 4.79 Å². The second-order valence-electron chi connectivity index (χ2n) is 4.22. The first kappa shape index (κ1) is 10.0. The zero-order valence-corrected chi connectivity index (χ0v) is 9.00. The monoisotopic (exact) mass is 205 g/mol. The molecule has 0 bridgehead atoms. The van der Waals surface area contributed by atoms with E-state index in [2.05, 4.69) is 24.4 Å². The summed E-state index contributed by atoms with van der Waals surface area (Å²) in [5.74, 6) is -0.607. The Kier molecular flexibility index (Phi) is 2.39. The van der Waals surface area contributed by atoms with Gasteiger partial charge in [0.15, 0.2) is 0 Å².